The molecule has 2 aliphatic heterocycles. The molecule has 0 spiro atoms. The van der Waals surface area contributed by atoms with Crippen LogP contribution in [0.25, 0.3) is 0 Å². The highest BCUT2D eigenvalue weighted by Crippen LogP contribution is 2.15. The van der Waals surface area contributed by atoms with Gasteiger partial charge in [0, 0.05) is 39.3 Å². The van der Waals surface area contributed by atoms with Crippen molar-refractivity contribution in [1.82, 2.24) is 15.1 Å². The molecule has 0 radical (unpaired) electrons. The van der Waals surface area contributed by atoms with Gasteiger partial charge in [0.1, 0.15) is 0 Å². The maximum absolute atomic E-state index is 10.9. The molecular weight excluding hydrogens is 246 g/mol. The lowest BCUT2D eigenvalue weighted by Gasteiger charge is -2.28. The van der Waals surface area contributed by atoms with E-state index in [9.17, 15) is 9.59 Å². The molecule has 0 aromatic heterocycles. The molecule has 1 unspecified atom stereocenters. The molecule has 0 bridgehead atoms. The lowest BCUT2D eigenvalue weighted by Crippen LogP contribution is -2.41. The third-order valence-corrected chi connectivity index (χ3v) is 3.88. The van der Waals surface area contributed by atoms with Gasteiger partial charge in [0.15, 0.2) is 0 Å². The molecule has 0 aromatic rings. The van der Waals surface area contributed by atoms with E-state index >= 15 is 0 Å². The zero-order valence-corrected chi connectivity index (χ0v) is 11.3. The highest BCUT2D eigenvalue weighted by atomic mass is 16.5. The summed E-state index contributed by atoms with van der Waals surface area (Å²) in [4.78, 5) is 26.0. The number of likely N-dealkylation sites (tertiary alicyclic amines) is 1. The molecule has 19 heavy (non-hydrogen) atoms. The van der Waals surface area contributed by atoms with Crippen molar-refractivity contribution in [1.29, 1.82) is 0 Å². The zero-order valence-electron chi connectivity index (χ0n) is 11.3. The Balaban J connectivity index is 1.59. The number of carbonyl (C=O) groups is 2. The average Bonchev–Trinajstić information content (AvgIpc) is 2.91. The summed E-state index contributed by atoms with van der Waals surface area (Å²) in [5.41, 5.74) is 0. The fourth-order valence-corrected chi connectivity index (χ4v) is 2.68. The summed E-state index contributed by atoms with van der Waals surface area (Å²) >= 11 is 0. The van der Waals surface area contributed by atoms with Crippen molar-refractivity contribution in [3.63, 3.8) is 0 Å². The second kappa shape index (κ2) is 7.57. The minimum absolute atomic E-state index is 0.338. The largest absolute Gasteiger partial charge is 0.379 e. The number of hydrogen-bond donors (Lipinski definition) is 1. The minimum atomic E-state index is -0.508. The Morgan fingerprint density at radius 1 is 1.21 bits per heavy atom. The van der Waals surface area contributed by atoms with Crippen molar-refractivity contribution in [3.05, 3.63) is 0 Å². The molecule has 1 atom stereocenters. The fraction of sp³-hybridized carbons (Fsp3) is 0.846. The lowest BCUT2D eigenvalue weighted by molar-refractivity contribution is -0.131. The predicted octanol–water partition coefficient (Wildman–Crippen LogP) is -1.04. The number of ether oxygens (including phenoxy) is 1. The van der Waals surface area contributed by atoms with E-state index in [0.29, 0.717) is 18.7 Å². The maximum Gasteiger partial charge on any atom is 0.284 e. The molecule has 6 heteroatoms. The smallest absolute Gasteiger partial charge is 0.284 e. The molecule has 1 amide bonds. The van der Waals surface area contributed by atoms with E-state index in [1.165, 1.54) is 0 Å². The predicted molar refractivity (Wildman–Crippen MR) is 70.9 cm³/mol. The van der Waals surface area contributed by atoms with Gasteiger partial charge in [-0.25, -0.2) is 0 Å². The molecule has 108 valence electrons. The summed E-state index contributed by atoms with van der Waals surface area (Å²) in [7, 11) is 0. The Bertz CT molecular complexity index is 306. The summed E-state index contributed by atoms with van der Waals surface area (Å²) in [6.07, 6.45) is 1.44. The summed E-state index contributed by atoms with van der Waals surface area (Å²) in [5, 5.41) is 2.64. The molecule has 0 saturated carbocycles. The second-order valence-corrected chi connectivity index (χ2v) is 5.27. The molecule has 2 fully saturated rings. The van der Waals surface area contributed by atoms with Gasteiger partial charge in [0.05, 0.1) is 13.2 Å². The summed E-state index contributed by atoms with van der Waals surface area (Å²) in [6, 6.07) is 0. The van der Waals surface area contributed by atoms with Gasteiger partial charge in [-0.2, -0.15) is 0 Å². The third-order valence-electron chi connectivity index (χ3n) is 3.88. The lowest BCUT2D eigenvalue weighted by atomic mass is 10.1. The van der Waals surface area contributed by atoms with Gasteiger partial charge in [-0.3, -0.25) is 14.5 Å². The highest BCUT2D eigenvalue weighted by Gasteiger charge is 2.23. The second-order valence-electron chi connectivity index (χ2n) is 5.27. The molecule has 1 N–H and O–H groups in total. The number of hydrogen-bond acceptors (Lipinski definition) is 5. The standard InChI is InChI=1S/C13H23N3O3/c17-11-13(18)14-9-12-1-2-16(10-12)4-3-15-5-7-19-8-6-15/h11-12H,1-10H2,(H,14,18). The topological polar surface area (TPSA) is 61.9 Å². The SMILES string of the molecule is O=CC(=O)NCC1CCN(CCN2CCOCC2)C1. The molecule has 2 aliphatic rings. The van der Waals surface area contributed by atoms with Crippen LogP contribution in [0.1, 0.15) is 6.42 Å². The molecule has 0 aliphatic carbocycles. The van der Waals surface area contributed by atoms with Gasteiger partial charge in [-0.1, -0.05) is 0 Å². The van der Waals surface area contributed by atoms with E-state index in [4.69, 9.17) is 4.74 Å². The van der Waals surface area contributed by atoms with Gasteiger partial charge in [-0.05, 0) is 18.9 Å². The molecule has 2 saturated heterocycles. The summed E-state index contributed by atoms with van der Waals surface area (Å²) in [6.45, 7) is 8.66. The number of carbonyl (C=O) groups excluding carboxylic acids is 2. The zero-order chi connectivity index (χ0) is 13.5. The first kappa shape index (κ1) is 14.4. The van der Waals surface area contributed by atoms with Crippen LogP contribution < -0.4 is 5.32 Å². The molecular formula is C13H23N3O3. The highest BCUT2D eigenvalue weighted by molar-refractivity contribution is 6.23. The van der Waals surface area contributed by atoms with Gasteiger partial charge in [0.25, 0.3) is 5.91 Å². The monoisotopic (exact) mass is 269 g/mol. The van der Waals surface area contributed by atoms with Crippen LogP contribution in [-0.4, -0.2) is 81.0 Å². The quantitative estimate of drug-likeness (QED) is 0.493. The van der Waals surface area contributed by atoms with Crippen molar-refractivity contribution < 1.29 is 14.3 Å². The Labute approximate surface area is 114 Å². The Hall–Kier alpha value is -0.980. The first-order valence-corrected chi connectivity index (χ1v) is 7.03. The van der Waals surface area contributed by atoms with Crippen LogP contribution in [0.3, 0.4) is 0 Å². The number of nitrogens with one attached hydrogen (secondary N) is 1. The van der Waals surface area contributed by atoms with Crippen LogP contribution in [-0.2, 0) is 14.3 Å². The van der Waals surface area contributed by atoms with Crippen LogP contribution in [0.2, 0.25) is 0 Å². The maximum atomic E-state index is 10.9. The molecule has 6 nitrogen and oxygen atoms in total. The van der Waals surface area contributed by atoms with Gasteiger partial charge >= 0.3 is 0 Å². The van der Waals surface area contributed by atoms with Crippen molar-refractivity contribution >= 4 is 12.2 Å². The number of amides is 1. The normalized spacial score (nSPS) is 25.4. The molecule has 2 heterocycles. The van der Waals surface area contributed by atoms with Crippen LogP contribution in [0.4, 0.5) is 0 Å². The Kier molecular flexibility index (Phi) is 5.75. The van der Waals surface area contributed by atoms with Crippen LogP contribution in [0.5, 0.6) is 0 Å². The first-order chi connectivity index (χ1) is 9.28. The van der Waals surface area contributed by atoms with E-state index < -0.39 is 5.91 Å². The minimum Gasteiger partial charge on any atom is -0.379 e. The van der Waals surface area contributed by atoms with Crippen molar-refractivity contribution in [2.24, 2.45) is 5.92 Å². The fourth-order valence-electron chi connectivity index (χ4n) is 2.68. The van der Waals surface area contributed by atoms with E-state index in [0.717, 1.165) is 58.9 Å². The number of aldehydes is 1. The van der Waals surface area contributed by atoms with Crippen LogP contribution in [0, 0.1) is 5.92 Å². The Morgan fingerprint density at radius 2 is 1.95 bits per heavy atom. The van der Waals surface area contributed by atoms with Crippen molar-refractivity contribution in [2.45, 2.75) is 6.42 Å². The summed E-state index contributed by atoms with van der Waals surface area (Å²) < 4.78 is 5.33. The molecule has 2 rings (SSSR count). The number of nitrogens with zero attached hydrogens (tertiary/aromatic N) is 2. The van der Waals surface area contributed by atoms with Crippen molar-refractivity contribution in [2.75, 3.05) is 59.0 Å². The van der Waals surface area contributed by atoms with E-state index in [1.54, 1.807) is 0 Å². The van der Waals surface area contributed by atoms with Gasteiger partial charge in [0.2, 0.25) is 6.29 Å². The van der Waals surface area contributed by atoms with Gasteiger partial charge in [-0.15, -0.1) is 0 Å². The summed E-state index contributed by atoms with van der Waals surface area (Å²) in [5.74, 6) is -0.0274. The van der Waals surface area contributed by atoms with Crippen LogP contribution >= 0.6 is 0 Å². The van der Waals surface area contributed by atoms with Crippen LogP contribution in [0.15, 0.2) is 0 Å². The van der Waals surface area contributed by atoms with E-state index in [1.807, 2.05) is 0 Å². The first-order valence-electron chi connectivity index (χ1n) is 7.03. The van der Waals surface area contributed by atoms with E-state index in [2.05, 4.69) is 15.1 Å². The van der Waals surface area contributed by atoms with Crippen molar-refractivity contribution in [3.8, 4) is 0 Å². The number of rotatable bonds is 6. The van der Waals surface area contributed by atoms with E-state index in [-0.39, 0.29) is 0 Å². The average molecular weight is 269 g/mol. The van der Waals surface area contributed by atoms with Gasteiger partial charge < -0.3 is 15.0 Å². The third kappa shape index (κ3) is 4.89. The Morgan fingerprint density at radius 3 is 2.68 bits per heavy atom. The molecule has 0 aromatic carbocycles. The number of morpholine rings is 1.